The lowest BCUT2D eigenvalue weighted by Crippen LogP contribution is -2.26. The number of rotatable bonds is 9. The molecular formula is C83H58N2O2. The third-order valence-electron chi connectivity index (χ3n) is 18.9. The SMILES string of the molecule is C/C=C(\c1oc2c(-c3ccccc3C)cccc2c1C)N(c1ccccc1)c1ccc2c3c(ccc2c1)-c1c(cc(N(c2ccccc2)c2cccc4c2oc2c(-c5ccccc5C)cccc24)c2ccccc12)C31c2ccccc2-c2ccccc21. The number of hydrogen-bond acceptors (Lipinski definition) is 4. The zero-order valence-electron chi connectivity index (χ0n) is 48.8. The molecular weight excluding hydrogens is 1060 g/mol. The molecule has 0 aliphatic heterocycles. The van der Waals surface area contributed by atoms with Gasteiger partial charge in [0.05, 0.1) is 22.5 Å². The average molecular weight is 1120 g/mol. The number of allylic oxidation sites excluding steroid dienone is 1. The fourth-order valence-electron chi connectivity index (χ4n) is 15.1. The Morgan fingerprint density at radius 2 is 0.885 bits per heavy atom. The van der Waals surface area contributed by atoms with Gasteiger partial charge in [-0.2, -0.15) is 0 Å². The van der Waals surface area contributed by atoms with Gasteiger partial charge in [0.1, 0.15) is 11.2 Å². The second-order valence-electron chi connectivity index (χ2n) is 23.4. The topological polar surface area (TPSA) is 32.8 Å². The number of aryl methyl sites for hydroxylation is 3. The highest BCUT2D eigenvalue weighted by molar-refractivity contribution is 6.18. The molecule has 1 spiro atoms. The van der Waals surface area contributed by atoms with E-state index in [1.807, 2.05) is 0 Å². The van der Waals surface area contributed by atoms with Crippen LogP contribution in [0.1, 0.15) is 51.6 Å². The van der Waals surface area contributed by atoms with Crippen molar-refractivity contribution in [2.45, 2.75) is 33.1 Å². The van der Waals surface area contributed by atoms with Gasteiger partial charge in [-0.15, -0.1) is 0 Å². The molecule has 2 aliphatic carbocycles. The van der Waals surface area contributed by atoms with Gasteiger partial charge in [0.2, 0.25) is 0 Å². The van der Waals surface area contributed by atoms with Gasteiger partial charge in [-0.1, -0.05) is 231 Å². The maximum absolute atomic E-state index is 7.33. The molecule has 13 aromatic carbocycles. The molecule has 0 N–H and O–H groups in total. The third-order valence-corrected chi connectivity index (χ3v) is 18.9. The van der Waals surface area contributed by atoms with Gasteiger partial charge in [0, 0.05) is 55.3 Å². The van der Waals surface area contributed by atoms with Crippen LogP contribution in [0.15, 0.2) is 288 Å². The average Bonchev–Trinajstić information content (AvgIpc) is 1.54. The number of para-hydroxylation sites is 5. The summed E-state index contributed by atoms with van der Waals surface area (Å²) in [5, 5.41) is 7.97. The zero-order valence-corrected chi connectivity index (χ0v) is 48.8. The molecule has 2 aliphatic rings. The van der Waals surface area contributed by atoms with Crippen LogP contribution < -0.4 is 9.80 Å². The van der Waals surface area contributed by atoms with Crippen molar-refractivity contribution in [3.63, 3.8) is 0 Å². The van der Waals surface area contributed by atoms with Crippen LogP contribution in [-0.2, 0) is 5.41 Å². The fraction of sp³-hybridized carbons (Fsp3) is 0.0602. The van der Waals surface area contributed by atoms with Crippen LogP contribution in [0.5, 0.6) is 0 Å². The van der Waals surface area contributed by atoms with E-state index in [1.54, 1.807) is 0 Å². The molecule has 0 amide bonds. The van der Waals surface area contributed by atoms with Gasteiger partial charge in [-0.25, -0.2) is 0 Å². The highest BCUT2D eigenvalue weighted by Gasteiger charge is 2.53. The van der Waals surface area contributed by atoms with Crippen LogP contribution in [0.3, 0.4) is 0 Å². The molecule has 0 saturated carbocycles. The molecule has 0 radical (unpaired) electrons. The molecule has 0 unspecified atom stereocenters. The lowest BCUT2D eigenvalue weighted by atomic mass is 9.69. The van der Waals surface area contributed by atoms with E-state index in [9.17, 15) is 0 Å². The first-order chi connectivity index (χ1) is 42.9. The largest absolute Gasteiger partial charge is 0.454 e. The summed E-state index contributed by atoms with van der Waals surface area (Å²) in [6.45, 7) is 8.67. The van der Waals surface area contributed by atoms with Gasteiger partial charge in [0.25, 0.3) is 0 Å². The van der Waals surface area contributed by atoms with Crippen molar-refractivity contribution in [3.05, 3.63) is 324 Å². The Balaban J connectivity index is 0.907. The summed E-state index contributed by atoms with van der Waals surface area (Å²) in [4.78, 5) is 4.83. The van der Waals surface area contributed by atoms with Gasteiger partial charge in [-0.05, 0) is 159 Å². The standard InChI is InChI=1S/C83H58N2O2/c1-5-74(79-53(4)60-37-22-38-66(80(60)86-79)58-31-14-12-25-51(58)2)84(55-27-8-6-9-28-55)57-46-48-61-54(49-57)45-47-70-77-65-36-17-16-35-64(65)76(50-73(77)83(78(61)70)71-42-20-18-33-62(71)63-34-19-21-43-72(63)83)85(56-29-10-7-11-30-56)75-44-24-41-69-68-40-23-39-67(81(68)87-82(69)75)59-32-15-13-26-52(59)3/h5-50H,1-4H3/b74-5+. The highest BCUT2D eigenvalue weighted by atomic mass is 16.3. The van der Waals surface area contributed by atoms with E-state index >= 15 is 0 Å². The fourth-order valence-corrected chi connectivity index (χ4v) is 15.1. The summed E-state index contributed by atoms with van der Waals surface area (Å²) in [7, 11) is 0. The summed E-state index contributed by atoms with van der Waals surface area (Å²) in [6, 6.07) is 100. The van der Waals surface area contributed by atoms with Crippen molar-refractivity contribution >= 4 is 88.6 Å². The number of benzene rings is 13. The molecule has 2 aromatic heterocycles. The van der Waals surface area contributed by atoms with Crippen molar-refractivity contribution in [3.8, 4) is 44.5 Å². The molecule has 412 valence electrons. The molecule has 17 rings (SSSR count). The maximum Gasteiger partial charge on any atom is 0.159 e. The summed E-state index contributed by atoms with van der Waals surface area (Å²) >= 11 is 0. The van der Waals surface area contributed by atoms with E-state index in [0.717, 1.165) is 100 Å². The van der Waals surface area contributed by atoms with Gasteiger partial charge >= 0.3 is 0 Å². The molecule has 0 fully saturated rings. The number of fused-ring (bicyclic) bond motifs is 18. The van der Waals surface area contributed by atoms with E-state index in [1.165, 1.54) is 77.5 Å². The molecule has 0 atom stereocenters. The second-order valence-corrected chi connectivity index (χ2v) is 23.4. The number of furan rings is 2. The second kappa shape index (κ2) is 19.6. The van der Waals surface area contributed by atoms with E-state index < -0.39 is 5.41 Å². The smallest absolute Gasteiger partial charge is 0.159 e. The molecule has 4 heteroatoms. The van der Waals surface area contributed by atoms with E-state index in [-0.39, 0.29) is 0 Å². The van der Waals surface area contributed by atoms with Crippen molar-refractivity contribution < 1.29 is 8.83 Å². The van der Waals surface area contributed by atoms with Crippen LogP contribution >= 0.6 is 0 Å². The van der Waals surface area contributed by atoms with Crippen LogP contribution in [0, 0.1) is 20.8 Å². The highest BCUT2D eigenvalue weighted by Crippen LogP contribution is 2.66. The van der Waals surface area contributed by atoms with Gasteiger partial charge in [-0.3, -0.25) is 0 Å². The lowest BCUT2D eigenvalue weighted by Gasteiger charge is -2.33. The Morgan fingerprint density at radius 1 is 0.356 bits per heavy atom. The Kier molecular flexibility index (Phi) is 11.4. The summed E-state index contributed by atoms with van der Waals surface area (Å²) in [5.41, 5.74) is 26.2. The maximum atomic E-state index is 7.33. The quantitative estimate of drug-likeness (QED) is 0.144. The van der Waals surface area contributed by atoms with Crippen LogP contribution in [0.2, 0.25) is 0 Å². The van der Waals surface area contributed by atoms with Crippen molar-refractivity contribution in [1.29, 1.82) is 0 Å². The first-order valence-corrected chi connectivity index (χ1v) is 30.2. The zero-order chi connectivity index (χ0) is 58.1. The first kappa shape index (κ1) is 50.6. The minimum absolute atomic E-state index is 0.707. The lowest BCUT2D eigenvalue weighted by molar-refractivity contribution is 0.595. The molecule has 15 aromatic rings. The monoisotopic (exact) mass is 1110 g/mol. The Hall–Kier alpha value is -10.9. The molecule has 87 heavy (non-hydrogen) atoms. The summed E-state index contributed by atoms with van der Waals surface area (Å²) in [5.74, 6) is 0.843. The third kappa shape index (κ3) is 7.31. The number of hydrogen-bond donors (Lipinski definition) is 0. The Morgan fingerprint density at radius 3 is 1.54 bits per heavy atom. The van der Waals surface area contributed by atoms with E-state index in [2.05, 4.69) is 317 Å². The van der Waals surface area contributed by atoms with Crippen LogP contribution in [0.4, 0.5) is 28.4 Å². The first-order valence-electron chi connectivity index (χ1n) is 30.2. The normalized spacial score (nSPS) is 13.0. The Bertz CT molecular complexity index is 5310. The Labute approximate surface area is 505 Å². The number of nitrogens with zero attached hydrogens (tertiary/aromatic N) is 2. The molecule has 0 saturated heterocycles. The molecule has 2 heterocycles. The predicted octanol–water partition coefficient (Wildman–Crippen LogP) is 22.9. The predicted molar refractivity (Wildman–Crippen MR) is 363 cm³/mol. The van der Waals surface area contributed by atoms with Crippen LogP contribution in [-0.4, -0.2) is 0 Å². The van der Waals surface area contributed by atoms with Gasteiger partial charge < -0.3 is 18.6 Å². The molecule has 0 bridgehead atoms. The minimum atomic E-state index is -0.707. The van der Waals surface area contributed by atoms with E-state index in [0.29, 0.717) is 0 Å². The number of anilines is 5. The van der Waals surface area contributed by atoms with E-state index in [4.69, 9.17) is 8.83 Å². The minimum Gasteiger partial charge on any atom is -0.454 e. The van der Waals surface area contributed by atoms with Crippen LogP contribution in [0.25, 0.3) is 105 Å². The van der Waals surface area contributed by atoms with Crippen molar-refractivity contribution in [2.75, 3.05) is 9.80 Å². The van der Waals surface area contributed by atoms with Gasteiger partial charge in [0.15, 0.2) is 11.3 Å². The molecule has 4 nitrogen and oxygen atoms in total. The summed E-state index contributed by atoms with van der Waals surface area (Å²) in [6.07, 6.45) is 2.20. The van der Waals surface area contributed by atoms with Crippen molar-refractivity contribution in [1.82, 2.24) is 0 Å². The van der Waals surface area contributed by atoms with Crippen molar-refractivity contribution in [2.24, 2.45) is 0 Å². The summed E-state index contributed by atoms with van der Waals surface area (Å²) < 4.78 is 14.5.